The highest BCUT2D eigenvalue weighted by Gasteiger charge is 2.77. The fourth-order valence-corrected chi connectivity index (χ4v) is 4.65. The van der Waals surface area contributed by atoms with Crippen molar-refractivity contribution < 1.29 is 57.5 Å². The quantitative estimate of drug-likeness (QED) is 0.0865. The molecular weight excluding hydrogens is 582 g/mol. The van der Waals surface area contributed by atoms with E-state index in [0.29, 0.717) is 21.5 Å². The van der Waals surface area contributed by atoms with Gasteiger partial charge in [0.2, 0.25) is 5.82 Å². The van der Waals surface area contributed by atoms with Crippen molar-refractivity contribution in [1.29, 1.82) is 0 Å². The molecule has 5 aromatic rings. The Kier molecular flexibility index (Phi) is 6.31. The number of benzene rings is 5. The van der Waals surface area contributed by atoms with Crippen LogP contribution in [0.2, 0.25) is 0 Å². The summed E-state index contributed by atoms with van der Waals surface area (Å²) in [6, 6.07) is 12.6. The van der Waals surface area contributed by atoms with E-state index < -0.39 is 75.7 Å². The maximum Gasteiger partial charge on any atom is 0.460 e. The van der Waals surface area contributed by atoms with E-state index in [1.54, 1.807) is 24.3 Å². The SMILES string of the molecule is O=C(N(Cc1c(F)c(F)c(F)c(F)c1F)c1ccc2ccc3cccc4ccc1c2c34)C(F)(F)C(F)(F)C(F)(F)F. The van der Waals surface area contributed by atoms with E-state index in [2.05, 4.69) is 0 Å². The summed E-state index contributed by atoms with van der Waals surface area (Å²) in [5.74, 6) is -29.9. The molecule has 14 heteroatoms. The molecule has 0 fully saturated rings. The predicted octanol–water partition coefficient (Wildman–Crippen LogP) is 8.65. The first-order valence-electron chi connectivity index (χ1n) is 11.3. The number of hydrogen-bond donors (Lipinski definition) is 0. The van der Waals surface area contributed by atoms with Gasteiger partial charge in [0.1, 0.15) is 0 Å². The molecular formula is C27H11F12NO. The number of alkyl halides is 7. The summed E-state index contributed by atoms with van der Waals surface area (Å²) < 4.78 is 166. The minimum Gasteiger partial charge on any atom is -0.302 e. The zero-order chi connectivity index (χ0) is 30.2. The van der Waals surface area contributed by atoms with Crippen LogP contribution in [0.4, 0.5) is 58.4 Å². The van der Waals surface area contributed by atoms with Gasteiger partial charge in [-0.3, -0.25) is 4.79 Å². The molecule has 214 valence electrons. The highest BCUT2D eigenvalue weighted by atomic mass is 19.4. The number of rotatable bonds is 5. The van der Waals surface area contributed by atoms with E-state index in [9.17, 15) is 57.5 Å². The van der Waals surface area contributed by atoms with Gasteiger partial charge in [-0.25, -0.2) is 22.0 Å². The Morgan fingerprint density at radius 1 is 0.610 bits per heavy atom. The van der Waals surface area contributed by atoms with Gasteiger partial charge in [-0.15, -0.1) is 0 Å². The van der Waals surface area contributed by atoms with Crippen LogP contribution in [0.5, 0.6) is 0 Å². The molecule has 5 rings (SSSR count). The minimum absolute atomic E-state index is 0.194. The van der Waals surface area contributed by atoms with Crippen LogP contribution in [0, 0.1) is 29.1 Å². The molecule has 1 amide bonds. The summed E-state index contributed by atoms with van der Waals surface area (Å²) in [5.41, 5.74) is -2.78. The van der Waals surface area contributed by atoms with Crippen LogP contribution in [0.1, 0.15) is 5.56 Å². The van der Waals surface area contributed by atoms with Crippen LogP contribution in [0.15, 0.2) is 54.6 Å². The van der Waals surface area contributed by atoms with Crippen molar-refractivity contribution in [2.24, 2.45) is 0 Å². The van der Waals surface area contributed by atoms with Crippen molar-refractivity contribution in [2.45, 2.75) is 24.6 Å². The Labute approximate surface area is 220 Å². The first kappa shape index (κ1) is 28.3. The van der Waals surface area contributed by atoms with Gasteiger partial charge in [0.25, 0.3) is 0 Å². The maximum atomic E-state index is 14.7. The largest absolute Gasteiger partial charge is 0.460 e. The monoisotopic (exact) mass is 593 g/mol. The molecule has 0 N–H and O–H groups in total. The van der Waals surface area contributed by atoms with Crippen molar-refractivity contribution in [3.05, 3.63) is 89.2 Å². The zero-order valence-corrected chi connectivity index (χ0v) is 19.8. The molecule has 0 saturated carbocycles. The molecule has 0 atom stereocenters. The number of hydrogen-bond acceptors (Lipinski definition) is 1. The summed E-state index contributed by atoms with van der Waals surface area (Å²) in [6.45, 7) is -2.03. The molecule has 0 heterocycles. The van der Waals surface area contributed by atoms with Gasteiger partial charge in [0, 0.05) is 10.9 Å². The molecule has 0 aliphatic rings. The molecule has 41 heavy (non-hydrogen) atoms. The van der Waals surface area contributed by atoms with E-state index in [1.165, 1.54) is 18.2 Å². The summed E-state index contributed by atoms with van der Waals surface area (Å²) in [6.07, 6.45) is -6.97. The van der Waals surface area contributed by atoms with Gasteiger partial charge >= 0.3 is 23.9 Å². The Morgan fingerprint density at radius 3 is 1.61 bits per heavy atom. The number of carbonyl (C=O) groups is 1. The highest BCUT2D eigenvalue weighted by Crippen LogP contribution is 2.49. The average molecular weight is 593 g/mol. The second-order valence-corrected chi connectivity index (χ2v) is 9.03. The van der Waals surface area contributed by atoms with Crippen molar-refractivity contribution in [3.63, 3.8) is 0 Å². The van der Waals surface area contributed by atoms with E-state index in [0.717, 1.165) is 12.1 Å². The predicted molar refractivity (Wildman–Crippen MR) is 124 cm³/mol. The molecule has 5 aromatic carbocycles. The molecule has 0 spiro atoms. The number of halogens is 12. The van der Waals surface area contributed by atoms with Gasteiger partial charge in [-0.1, -0.05) is 48.5 Å². The van der Waals surface area contributed by atoms with Crippen LogP contribution >= 0.6 is 0 Å². The van der Waals surface area contributed by atoms with Gasteiger partial charge in [-0.05, 0) is 33.0 Å². The third-order valence-corrected chi connectivity index (χ3v) is 6.68. The molecule has 0 aliphatic heterocycles. The Morgan fingerprint density at radius 2 is 1.07 bits per heavy atom. The first-order valence-corrected chi connectivity index (χ1v) is 11.3. The number of amides is 1. The summed E-state index contributed by atoms with van der Waals surface area (Å²) >= 11 is 0. The molecule has 0 saturated heterocycles. The van der Waals surface area contributed by atoms with Crippen LogP contribution in [-0.4, -0.2) is 23.9 Å². The average Bonchev–Trinajstić information content (AvgIpc) is 2.93. The van der Waals surface area contributed by atoms with Crippen molar-refractivity contribution in [2.75, 3.05) is 4.90 Å². The zero-order valence-electron chi connectivity index (χ0n) is 19.8. The van der Waals surface area contributed by atoms with Crippen molar-refractivity contribution in [3.8, 4) is 0 Å². The van der Waals surface area contributed by atoms with Gasteiger partial charge in [-0.2, -0.15) is 30.7 Å². The van der Waals surface area contributed by atoms with Gasteiger partial charge < -0.3 is 4.90 Å². The van der Waals surface area contributed by atoms with E-state index in [1.807, 2.05) is 0 Å². The van der Waals surface area contributed by atoms with Crippen molar-refractivity contribution >= 4 is 43.9 Å². The van der Waals surface area contributed by atoms with E-state index in [-0.39, 0.29) is 10.8 Å². The standard InChI is InChI=1S/C27H11F12NO/c28-19-15(20(29)22(31)23(32)21(19)30)10-40(24(41)25(33,34)26(35,36)27(37,38)39)16-9-7-13-5-4-11-2-1-3-12-6-8-14(16)18(13)17(11)12/h1-9H,10H2. The Bertz CT molecular complexity index is 1800. The summed E-state index contributed by atoms with van der Waals surface area (Å²) in [4.78, 5) is 12.3. The fraction of sp³-hybridized carbons (Fsp3) is 0.148. The molecule has 2 nitrogen and oxygen atoms in total. The lowest BCUT2D eigenvalue weighted by Gasteiger charge is -2.33. The molecule has 0 unspecified atom stereocenters. The second kappa shape index (κ2) is 9.14. The summed E-state index contributed by atoms with van der Waals surface area (Å²) in [5, 5.41) is 1.91. The Balaban J connectivity index is 1.81. The maximum absolute atomic E-state index is 14.7. The van der Waals surface area contributed by atoms with Crippen LogP contribution in [0.3, 0.4) is 0 Å². The molecule has 0 aliphatic carbocycles. The number of nitrogens with zero attached hydrogens (tertiary/aromatic N) is 1. The van der Waals surface area contributed by atoms with E-state index >= 15 is 0 Å². The topological polar surface area (TPSA) is 20.3 Å². The smallest absolute Gasteiger partial charge is 0.302 e. The van der Waals surface area contributed by atoms with Crippen LogP contribution < -0.4 is 4.90 Å². The lowest BCUT2D eigenvalue weighted by Crippen LogP contribution is -2.60. The second-order valence-electron chi connectivity index (χ2n) is 9.03. The first-order chi connectivity index (χ1) is 19.0. The molecule has 0 bridgehead atoms. The highest BCUT2D eigenvalue weighted by molar-refractivity contribution is 6.26. The molecule has 0 aromatic heterocycles. The van der Waals surface area contributed by atoms with Gasteiger partial charge in [0.15, 0.2) is 23.3 Å². The third kappa shape index (κ3) is 4.02. The molecule has 0 radical (unpaired) electrons. The fourth-order valence-electron chi connectivity index (χ4n) is 4.65. The van der Waals surface area contributed by atoms with Crippen molar-refractivity contribution in [1.82, 2.24) is 0 Å². The summed E-state index contributed by atoms with van der Waals surface area (Å²) in [7, 11) is 0. The number of anilines is 1. The number of carbonyl (C=O) groups excluding carboxylic acids is 1. The normalized spacial score (nSPS) is 13.1. The lowest BCUT2D eigenvalue weighted by atomic mass is 9.93. The lowest BCUT2D eigenvalue weighted by molar-refractivity contribution is -0.343. The Hall–Kier alpha value is -4.23. The van der Waals surface area contributed by atoms with Gasteiger partial charge in [0.05, 0.1) is 12.2 Å². The van der Waals surface area contributed by atoms with Crippen LogP contribution in [-0.2, 0) is 11.3 Å². The third-order valence-electron chi connectivity index (χ3n) is 6.68. The van der Waals surface area contributed by atoms with Crippen LogP contribution in [0.25, 0.3) is 32.3 Å². The van der Waals surface area contributed by atoms with E-state index in [4.69, 9.17) is 0 Å². The minimum atomic E-state index is -6.99.